The van der Waals surface area contributed by atoms with E-state index in [2.05, 4.69) is 19.6 Å². The molecular weight excluding hydrogens is 340 g/mol. The number of phenols is 1. The molecule has 27 heavy (non-hydrogen) atoms. The fraction of sp³-hybridized carbons (Fsp3) is 0.391. The molecule has 0 unspecified atom stereocenters. The van der Waals surface area contributed by atoms with E-state index in [4.69, 9.17) is 5.11 Å². The summed E-state index contributed by atoms with van der Waals surface area (Å²) < 4.78 is 0. The highest BCUT2D eigenvalue weighted by molar-refractivity contribution is 5.94. The predicted octanol–water partition coefficient (Wildman–Crippen LogP) is 4.03. The van der Waals surface area contributed by atoms with Crippen LogP contribution in [0.5, 0.6) is 5.75 Å². The average Bonchev–Trinajstić information content (AvgIpc) is 2.68. The monoisotopic (exact) mass is 370 g/mol. The van der Waals surface area contributed by atoms with Gasteiger partial charge in [-0.05, 0) is 36.3 Å². The van der Waals surface area contributed by atoms with Crippen LogP contribution in [0.4, 0.5) is 0 Å². The van der Waals surface area contributed by atoms with Crippen molar-refractivity contribution in [3.63, 3.8) is 0 Å². The Balaban J connectivity index is 2.22. The summed E-state index contributed by atoms with van der Waals surface area (Å²) in [5, 5.41) is 41.2. The van der Waals surface area contributed by atoms with E-state index in [0.29, 0.717) is 12.8 Å². The highest BCUT2D eigenvalue weighted by Gasteiger charge is 2.23. The van der Waals surface area contributed by atoms with Crippen LogP contribution < -0.4 is 0 Å². The SMILES string of the molecule is C=C[C@@H]([C@H](O)CO)[C@H](O)CC/C(=C/c1ccc(O)c2ccccc12)CCC. The Morgan fingerprint density at radius 1 is 1.04 bits per heavy atom. The lowest BCUT2D eigenvalue weighted by Crippen LogP contribution is -2.32. The lowest BCUT2D eigenvalue weighted by atomic mass is 9.90. The van der Waals surface area contributed by atoms with Gasteiger partial charge in [0.2, 0.25) is 0 Å². The number of benzene rings is 2. The van der Waals surface area contributed by atoms with Gasteiger partial charge < -0.3 is 20.4 Å². The van der Waals surface area contributed by atoms with E-state index < -0.39 is 24.7 Å². The third-order valence-electron chi connectivity index (χ3n) is 4.97. The molecule has 4 nitrogen and oxygen atoms in total. The van der Waals surface area contributed by atoms with E-state index in [-0.39, 0.29) is 5.75 Å². The van der Waals surface area contributed by atoms with Gasteiger partial charge in [0.15, 0.2) is 0 Å². The number of phenolic OH excluding ortho intramolecular Hbond substituents is 1. The Labute approximate surface area is 161 Å². The van der Waals surface area contributed by atoms with Gasteiger partial charge in [-0.1, -0.05) is 61.4 Å². The van der Waals surface area contributed by atoms with Gasteiger partial charge in [0.1, 0.15) is 5.75 Å². The summed E-state index contributed by atoms with van der Waals surface area (Å²) in [6.07, 6.45) is 4.93. The van der Waals surface area contributed by atoms with E-state index in [9.17, 15) is 15.3 Å². The van der Waals surface area contributed by atoms with Gasteiger partial charge in [0, 0.05) is 11.3 Å². The molecule has 2 rings (SSSR count). The lowest BCUT2D eigenvalue weighted by Gasteiger charge is -2.24. The first-order valence-electron chi connectivity index (χ1n) is 9.51. The molecule has 0 bridgehead atoms. The van der Waals surface area contributed by atoms with Crippen molar-refractivity contribution in [2.45, 2.75) is 44.8 Å². The van der Waals surface area contributed by atoms with Crippen molar-refractivity contribution in [1.29, 1.82) is 0 Å². The molecule has 0 fully saturated rings. The van der Waals surface area contributed by atoms with E-state index >= 15 is 0 Å². The zero-order chi connectivity index (χ0) is 19.8. The molecule has 146 valence electrons. The lowest BCUT2D eigenvalue weighted by molar-refractivity contribution is 0.00209. The molecule has 4 N–H and O–H groups in total. The number of rotatable bonds is 10. The second-order valence-corrected chi connectivity index (χ2v) is 6.94. The number of aromatic hydroxyl groups is 1. The highest BCUT2D eigenvalue weighted by atomic mass is 16.3. The topological polar surface area (TPSA) is 80.9 Å². The number of allylic oxidation sites excluding steroid dienone is 1. The minimum Gasteiger partial charge on any atom is -0.507 e. The van der Waals surface area contributed by atoms with E-state index in [1.807, 2.05) is 30.3 Å². The third kappa shape index (κ3) is 5.42. The Morgan fingerprint density at radius 2 is 1.74 bits per heavy atom. The third-order valence-corrected chi connectivity index (χ3v) is 4.97. The van der Waals surface area contributed by atoms with Gasteiger partial charge in [-0.3, -0.25) is 0 Å². The molecule has 0 heterocycles. The van der Waals surface area contributed by atoms with Crippen molar-refractivity contribution >= 4 is 16.8 Å². The number of hydrogen-bond acceptors (Lipinski definition) is 4. The quantitative estimate of drug-likeness (QED) is 0.476. The molecule has 0 aliphatic heterocycles. The van der Waals surface area contributed by atoms with Gasteiger partial charge in [-0.2, -0.15) is 0 Å². The average molecular weight is 370 g/mol. The predicted molar refractivity (Wildman–Crippen MR) is 111 cm³/mol. The van der Waals surface area contributed by atoms with Crippen LogP contribution in [0.25, 0.3) is 16.8 Å². The van der Waals surface area contributed by atoms with Gasteiger partial charge in [-0.15, -0.1) is 6.58 Å². The highest BCUT2D eigenvalue weighted by Crippen LogP contribution is 2.30. The smallest absolute Gasteiger partial charge is 0.123 e. The van der Waals surface area contributed by atoms with Crippen molar-refractivity contribution in [3.8, 4) is 5.75 Å². The molecule has 4 heteroatoms. The summed E-state index contributed by atoms with van der Waals surface area (Å²) in [6.45, 7) is 5.37. The minimum atomic E-state index is -1.00. The van der Waals surface area contributed by atoms with Crippen LogP contribution in [0.2, 0.25) is 0 Å². The molecule has 0 spiro atoms. The van der Waals surface area contributed by atoms with Crippen molar-refractivity contribution in [3.05, 3.63) is 60.2 Å². The molecule has 2 aromatic rings. The maximum atomic E-state index is 10.4. The zero-order valence-electron chi connectivity index (χ0n) is 15.9. The van der Waals surface area contributed by atoms with Crippen molar-refractivity contribution in [1.82, 2.24) is 0 Å². The summed E-state index contributed by atoms with van der Waals surface area (Å²) in [7, 11) is 0. The summed E-state index contributed by atoms with van der Waals surface area (Å²) in [5.41, 5.74) is 2.24. The van der Waals surface area contributed by atoms with Gasteiger partial charge in [0.05, 0.1) is 18.8 Å². The van der Waals surface area contributed by atoms with Crippen LogP contribution in [-0.2, 0) is 0 Å². The Morgan fingerprint density at radius 3 is 2.37 bits per heavy atom. The largest absolute Gasteiger partial charge is 0.507 e. The fourth-order valence-electron chi connectivity index (χ4n) is 3.46. The van der Waals surface area contributed by atoms with Crippen molar-refractivity contribution in [2.75, 3.05) is 6.61 Å². The van der Waals surface area contributed by atoms with Gasteiger partial charge in [-0.25, -0.2) is 0 Å². The molecule has 0 saturated heterocycles. The van der Waals surface area contributed by atoms with E-state index in [1.54, 1.807) is 6.07 Å². The minimum absolute atomic E-state index is 0.266. The van der Waals surface area contributed by atoms with Gasteiger partial charge in [0.25, 0.3) is 0 Å². The van der Waals surface area contributed by atoms with Crippen LogP contribution in [0.3, 0.4) is 0 Å². The summed E-state index contributed by atoms with van der Waals surface area (Å²) >= 11 is 0. The summed E-state index contributed by atoms with van der Waals surface area (Å²) in [6, 6.07) is 11.4. The molecule has 0 aliphatic carbocycles. The van der Waals surface area contributed by atoms with Crippen molar-refractivity contribution in [2.24, 2.45) is 5.92 Å². The van der Waals surface area contributed by atoms with E-state index in [0.717, 1.165) is 29.2 Å². The van der Waals surface area contributed by atoms with Crippen LogP contribution in [0.15, 0.2) is 54.6 Å². The van der Waals surface area contributed by atoms with Gasteiger partial charge >= 0.3 is 0 Å². The zero-order valence-corrected chi connectivity index (χ0v) is 15.9. The fourth-order valence-corrected chi connectivity index (χ4v) is 3.46. The molecule has 2 aromatic carbocycles. The first-order valence-corrected chi connectivity index (χ1v) is 9.51. The van der Waals surface area contributed by atoms with Crippen molar-refractivity contribution < 1.29 is 20.4 Å². The van der Waals surface area contributed by atoms with Crippen LogP contribution in [0.1, 0.15) is 38.2 Å². The standard InChI is InChI=1S/C23H30O4/c1-3-7-16(10-12-21(25)18(4-2)23(27)15-24)14-17-11-13-22(26)20-9-6-5-8-19(17)20/h4-6,8-9,11,13-14,18,21,23-27H,2-3,7,10,12,15H2,1H3/b16-14+/t18-,21-,23-/m1/s1. The maximum Gasteiger partial charge on any atom is 0.123 e. The number of aliphatic hydroxyl groups is 3. The normalized spacial score (nSPS) is 15.5. The van der Waals surface area contributed by atoms with E-state index in [1.165, 1.54) is 11.6 Å². The number of aliphatic hydroxyl groups excluding tert-OH is 3. The molecule has 3 atom stereocenters. The molecule has 0 amide bonds. The molecule has 0 radical (unpaired) electrons. The first-order chi connectivity index (χ1) is 13.0. The second-order valence-electron chi connectivity index (χ2n) is 6.94. The number of fused-ring (bicyclic) bond motifs is 1. The maximum absolute atomic E-state index is 10.4. The van der Waals surface area contributed by atoms with Crippen LogP contribution >= 0.6 is 0 Å². The van der Waals surface area contributed by atoms with Crippen LogP contribution in [0, 0.1) is 5.92 Å². The second kappa shape index (κ2) is 10.3. The Kier molecular flexibility index (Phi) is 8.04. The van der Waals surface area contributed by atoms with Crippen LogP contribution in [-0.4, -0.2) is 39.2 Å². The number of hydrogen-bond donors (Lipinski definition) is 4. The Bertz CT molecular complexity index is 781. The summed E-state index contributed by atoms with van der Waals surface area (Å²) in [5.74, 6) is -0.283. The molecule has 0 saturated carbocycles. The summed E-state index contributed by atoms with van der Waals surface area (Å²) in [4.78, 5) is 0. The molecule has 0 aliphatic rings. The Hall–Kier alpha value is -2.14. The molecular formula is C23H30O4. The first kappa shape index (κ1) is 21.2. The molecule has 0 aromatic heterocycles.